The second-order valence-electron chi connectivity index (χ2n) is 3.21. The van der Waals surface area contributed by atoms with Gasteiger partial charge in [-0.2, -0.15) is 0 Å². The third kappa shape index (κ3) is 1.97. The Bertz CT molecular complexity index is 551. The van der Waals surface area contributed by atoms with Crippen molar-refractivity contribution >= 4 is 16.8 Å². The molecule has 0 fully saturated rings. The Morgan fingerprint density at radius 1 is 1.50 bits per heavy atom. The summed E-state index contributed by atoms with van der Waals surface area (Å²) >= 11 is 5.31. The Morgan fingerprint density at radius 2 is 2.25 bits per heavy atom. The molecule has 1 aromatic heterocycles. The summed E-state index contributed by atoms with van der Waals surface area (Å²) in [7, 11) is 0. The second kappa shape index (κ2) is 4.06. The lowest BCUT2D eigenvalue weighted by molar-refractivity contribution is 0.107. The second-order valence-corrected chi connectivity index (χ2v) is 3.55. The monoisotopic (exact) mass is 239 g/mol. The number of oxazole rings is 1. The van der Waals surface area contributed by atoms with Gasteiger partial charge in [0.1, 0.15) is 11.6 Å². The van der Waals surface area contributed by atoms with Crippen molar-refractivity contribution in [3.63, 3.8) is 0 Å². The van der Waals surface area contributed by atoms with Crippen LogP contribution in [0.2, 0.25) is 0 Å². The van der Waals surface area contributed by atoms with Gasteiger partial charge in [-0.1, -0.05) is 6.07 Å². The molecule has 3 nitrogen and oxygen atoms in total. The molecule has 0 spiro atoms. The highest BCUT2D eigenvalue weighted by Crippen LogP contribution is 2.22. The Labute approximate surface area is 95.9 Å². The zero-order valence-corrected chi connectivity index (χ0v) is 9.08. The number of aryl methyl sites for hydroxylation is 1. The van der Waals surface area contributed by atoms with Crippen LogP contribution in [0.4, 0.5) is 4.39 Å². The molecule has 1 heterocycles. The molecule has 0 atom stereocenters. The highest BCUT2D eigenvalue weighted by Gasteiger charge is 2.16. The molecule has 0 aliphatic carbocycles. The first kappa shape index (κ1) is 10.8. The molecule has 2 aromatic rings. The number of carbonyl (C=O) groups is 1. The molecule has 5 heteroatoms. The summed E-state index contributed by atoms with van der Waals surface area (Å²) in [5.41, 5.74) is 0.521. The Morgan fingerprint density at radius 3 is 2.81 bits per heavy atom. The average molecular weight is 240 g/mol. The molecule has 0 unspecified atom stereocenters. The molecular weight excluding hydrogens is 233 g/mol. The molecule has 82 valence electrons. The number of benzene rings is 1. The fourth-order valence-corrected chi connectivity index (χ4v) is 1.50. The normalized spacial score (nSPS) is 10.4. The van der Waals surface area contributed by atoms with E-state index in [2.05, 4.69) is 4.98 Å². The first-order valence-corrected chi connectivity index (χ1v) is 4.89. The predicted molar refractivity (Wildman–Crippen MR) is 56.8 cm³/mol. The summed E-state index contributed by atoms with van der Waals surface area (Å²) in [5, 5.41) is -0.691. The van der Waals surface area contributed by atoms with E-state index in [1.165, 1.54) is 18.2 Å². The van der Waals surface area contributed by atoms with Gasteiger partial charge in [-0.15, -0.1) is 0 Å². The molecule has 16 heavy (non-hydrogen) atoms. The predicted octanol–water partition coefficient (Wildman–Crippen LogP) is 3.17. The van der Waals surface area contributed by atoms with Gasteiger partial charge in [0.05, 0.1) is 0 Å². The smallest absolute Gasteiger partial charge is 0.274 e. The number of hydrogen-bond donors (Lipinski definition) is 0. The van der Waals surface area contributed by atoms with Gasteiger partial charge in [-0.3, -0.25) is 4.79 Å². The van der Waals surface area contributed by atoms with E-state index in [0.29, 0.717) is 11.3 Å². The van der Waals surface area contributed by atoms with E-state index in [-0.39, 0.29) is 11.6 Å². The summed E-state index contributed by atoms with van der Waals surface area (Å²) in [6.45, 7) is 1.57. The maximum Gasteiger partial charge on any atom is 0.274 e. The number of rotatable bonds is 2. The highest BCUT2D eigenvalue weighted by molar-refractivity contribution is 6.67. The number of nitrogens with zero attached hydrogens (tertiary/aromatic N) is 1. The van der Waals surface area contributed by atoms with Gasteiger partial charge in [0, 0.05) is 5.56 Å². The summed E-state index contributed by atoms with van der Waals surface area (Å²) in [6, 6.07) is 5.75. The van der Waals surface area contributed by atoms with Crippen molar-refractivity contribution in [2.24, 2.45) is 0 Å². The highest BCUT2D eigenvalue weighted by atomic mass is 35.5. The van der Waals surface area contributed by atoms with Crippen LogP contribution in [0.25, 0.3) is 11.5 Å². The van der Waals surface area contributed by atoms with Crippen molar-refractivity contribution in [1.29, 1.82) is 0 Å². The first-order valence-electron chi connectivity index (χ1n) is 4.51. The number of halogens is 2. The summed E-state index contributed by atoms with van der Waals surface area (Å²) < 4.78 is 18.2. The number of hydrogen-bond acceptors (Lipinski definition) is 3. The molecule has 0 amide bonds. The van der Waals surface area contributed by atoms with Crippen LogP contribution in [0.15, 0.2) is 28.7 Å². The summed E-state index contributed by atoms with van der Waals surface area (Å²) in [6.07, 6.45) is 0. The van der Waals surface area contributed by atoms with Crippen LogP contribution in [0.5, 0.6) is 0 Å². The van der Waals surface area contributed by atoms with E-state index in [1.54, 1.807) is 13.0 Å². The molecule has 0 aliphatic rings. The van der Waals surface area contributed by atoms with Crippen LogP contribution in [-0.2, 0) is 0 Å². The van der Waals surface area contributed by atoms with Crippen LogP contribution in [-0.4, -0.2) is 10.2 Å². The van der Waals surface area contributed by atoms with Crippen LogP contribution in [0.1, 0.15) is 16.2 Å². The zero-order valence-electron chi connectivity index (χ0n) is 8.33. The molecule has 1 aromatic carbocycles. The quantitative estimate of drug-likeness (QED) is 0.756. The van der Waals surface area contributed by atoms with E-state index in [9.17, 15) is 9.18 Å². The maximum atomic E-state index is 13.0. The summed E-state index contributed by atoms with van der Waals surface area (Å²) in [4.78, 5) is 14.9. The van der Waals surface area contributed by atoms with Crippen molar-refractivity contribution in [3.05, 3.63) is 41.5 Å². The lowest BCUT2D eigenvalue weighted by atomic mass is 10.2. The minimum Gasteiger partial charge on any atom is -0.441 e. The molecule has 0 radical (unpaired) electrons. The molecule has 0 saturated carbocycles. The number of carbonyl (C=O) groups excluding carboxylic acids is 1. The van der Waals surface area contributed by atoms with E-state index >= 15 is 0 Å². The third-order valence-corrected chi connectivity index (χ3v) is 2.23. The molecule has 0 saturated heterocycles. The minimum absolute atomic E-state index is 0.0564. The van der Waals surface area contributed by atoms with Gasteiger partial charge >= 0.3 is 0 Å². The van der Waals surface area contributed by atoms with Crippen molar-refractivity contribution in [2.45, 2.75) is 6.92 Å². The maximum absolute atomic E-state index is 13.0. The molecule has 0 N–H and O–H groups in total. The van der Waals surface area contributed by atoms with Crippen LogP contribution in [0.3, 0.4) is 0 Å². The molecule has 2 rings (SSSR count). The summed E-state index contributed by atoms with van der Waals surface area (Å²) in [5.74, 6) is 0.104. The SMILES string of the molecule is Cc1oc(-c2cccc(F)c2)nc1C(=O)Cl. The largest absolute Gasteiger partial charge is 0.441 e. The molecule has 0 bridgehead atoms. The number of aromatic nitrogens is 1. The molecule has 0 aliphatic heterocycles. The van der Waals surface area contributed by atoms with Gasteiger partial charge in [-0.25, -0.2) is 9.37 Å². The first-order chi connectivity index (χ1) is 7.58. The van der Waals surface area contributed by atoms with Crippen LogP contribution in [0, 0.1) is 12.7 Å². The van der Waals surface area contributed by atoms with Crippen molar-refractivity contribution < 1.29 is 13.6 Å². The van der Waals surface area contributed by atoms with Crippen molar-refractivity contribution in [2.75, 3.05) is 0 Å². The van der Waals surface area contributed by atoms with Crippen LogP contribution < -0.4 is 0 Å². The van der Waals surface area contributed by atoms with Crippen LogP contribution >= 0.6 is 11.6 Å². The van der Waals surface area contributed by atoms with Crippen molar-refractivity contribution in [1.82, 2.24) is 4.98 Å². The van der Waals surface area contributed by atoms with Gasteiger partial charge in [0.25, 0.3) is 5.24 Å². The van der Waals surface area contributed by atoms with E-state index < -0.39 is 11.1 Å². The van der Waals surface area contributed by atoms with E-state index in [4.69, 9.17) is 16.0 Å². The average Bonchev–Trinajstić information content (AvgIpc) is 2.60. The third-order valence-electron chi connectivity index (χ3n) is 2.05. The Kier molecular flexibility index (Phi) is 2.75. The zero-order chi connectivity index (χ0) is 11.7. The lowest BCUT2D eigenvalue weighted by Crippen LogP contribution is -1.91. The topological polar surface area (TPSA) is 43.1 Å². The van der Waals surface area contributed by atoms with Gasteiger partial charge in [-0.05, 0) is 36.7 Å². The molecular formula is C11H7ClFNO2. The fraction of sp³-hybridized carbons (Fsp3) is 0.0909. The Balaban J connectivity index is 2.49. The standard InChI is InChI=1S/C11H7ClFNO2/c1-6-9(10(12)15)14-11(16-6)7-3-2-4-8(13)5-7/h2-5H,1H3. The van der Waals surface area contributed by atoms with Crippen molar-refractivity contribution in [3.8, 4) is 11.5 Å². The fourth-order valence-electron chi connectivity index (χ4n) is 1.32. The lowest BCUT2D eigenvalue weighted by Gasteiger charge is -1.94. The minimum atomic E-state index is -0.691. The van der Waals surface area contributed by atoms with E-state index in [0.717, 1.165) is 0 Å². The Hall–Kier alpha value is -1.68. The van der Waals surface area contributed by atoms with E-state index in [1.807, 2.05) is 0 Å². The van der Waals surface area contributed by atoms with Gasteiger partial charge in [0.15, 0.2) is 5.69 Å². The van der Waals surface area contributed by atoms with Gasteiger partial charge in [0.2, 0.25) is 5.89 Å². The van der Waals surface area contributed by atoms with Gasteiger partial charge < -0.3 is 4.42 Å².